The fourth-order valence-electron chi connectivity index (χ4n) is 2.51. The minimum absolute atomic E-state index is 0.186. The Labute approximate surface area is 160 Å². The summed E-state index contributed by atoms with van der Waals surface area (Å²) in [6, 6.07) is 13.6. The molecule has 3 rings (SSSR count). The van der Waals surface area contributed by atoms with Crippen molar-refractivity contribution in [3.05, 3.63) is 75.7 Å². The number of hydrogen-bond acceptors (Lipinski definition) is 4. The third-order valence-electron chi connectivity index (χ3n) is 3.89. The number of hydrogen-bond donors (Lipinski definition) is 2. The first-order chi connectivity index (χ1) is 13.0. The summed E-state index contributed by atoms with van der Waals surface area (Å²) in [5, 5.41) is 11.1. The van der Waals surface area contributed by atoms with Gasteiger partial charge in [-0.2, -0.15) is 5.10 Å². The lowest BCUT2D eigenvalue weighted by molar-refractivity contribution is -0.121. The first-order valence-electron chi connectivity index (χ1n) is 8.30. The Morgan fingerprint density at radius 1 is 1.00 bits per heavy atom. The Hall–Kier alpha value is -3.19. The molecule has 0 bridgehead atoms. The molecule has 7 nitrogen and oxygen atoms in total. The molecule has 1 aromatic heterocycles. The highest BCUT2D eigenvalue weighted by Gasteiger charge is 2.09. The van der Waals surface area contributed by atoms with Crippen molar-refractivity contribution < 1.29 is 9.59 Å². The zero-order chi connectivity index (χ0) is 19.2. The van der Waals surface area contributed by atoms with Gasteiger partial charge in [-0.1, -0.05) is 29.8 Å². The van der Waals surface area contributed by atoms with Crippen LogP contribution in [0.1, 0.15) is 10.4 Å². The van der Waals surface area contributed by atoms with Crippen LogP contribution in [-0.2, 0) is 11.3 Å². The molecule has 2 amide bonds. The Morgan fingerprint density at radius 2 is 1.70 bits per heavy atom. The molecular formula is C19H17ClN4O3. The summed E-state index contributed by atoms with van der Waals surface area (Å²) in [5.74, 6) is -0.617. The van der Waals surface area contributed by atoms with Gasteiger partial charge < -0.3 is 10.6 Å². The minimum Gasteiger partial charge on any atom is -0.353 e. The molecule has 0 saturated heterocycles. The second kappa shape index (κ2) is 8.46. The SMILES string of the molecule is O=C(Cn1ncc2ccccc2c1=O)NCCNC(=O)c1ccc(Cl)cc1. The third-order valence-corrected chi connectivity index (χ3v) is 4.15. The van der Waals surface area contributed by atoms with E-state index in [2.05, 4.69) is 15.7 Å². The summed E-state index contributed by atoms with van der Waals surface area (Å²) in [5.41, 5.74) is 0.164. The van der Waals surface area contributed by atoms with Gasteiger partial charge in [0.1, 0.15) is 6.54 Å². The lowest BCUT2D eigenvalue weighted by Gasteiger charge is -2.08. The Morgan fingerprint density at radius 3 is 2.48 bits per heavy atom. The van der Waals surface area contributed by atoms with Gasteiger partial charge in [0.15, 0.2) is 0 Å². The number of fused-ring (bicyclic) bond motifs is 1. The van der Waals surface area contributed by atoms with Crippen molar-refractivity contribution in [2.45, 2.75) is 6.54 Å². The van der Waals surface area contributed by atoms with Gasteiger partial charge in [-0.15, -0.1) is 0 Å². The van der Waals surface area contributed by atoms with Gasteiger partial charge >= 0.3 is 0 Å². The Bertz CT molecular complexity index is 1030. The van der Waals surface area contributed by atoms with E-state index < -0.39 is 0 Å². The third kappa shape index (κ3) is 4.71. The molecule has 2 aromatic carbocycles. The predicted octanol–water partition coefficient (Wildman–Crippen LogP) is 1.60. The normalized spacial score (nSPS) is 10.6. The molecule has 3 aromatic rings. The summed E-state index contributed by atoms with van der Waals surface area (Å²) >= 11 is 5.78. The van der Waals surface area contributed by atoms with E-state index in [0.717, 1.165) is 10.1 Å². The highest BCUT2D eigenvalue weighted by Crippen LogP contribution is 2.09. The number of benzene rings is 2. The van der Waals surface area contributed by atoms with Crippen LogP contribution in [0.4, 0.5) is 0 Å². The molecular weight excluding hydrogens is 368 g/mol. The van der Waals surface area contributed by atoms with Crippen molar-refractivity contribution >= 4 is 34.2 Å². The highest BCUT2D eigenvalue weighted by atomic mass is 35.5. The largest absolute Gasteiger partial charge is 0.353 e. The van der Waals surface area contributed by atoms with E-state index >= 15 is 0 Å². The maximum Gasteiger partial charge on any atom is 0.275 e. The number of halogens is 1. The van der Waals surface area contributed by atoms with Gasteiger partial charge in [0, 0.05) is 29.1 Å². The van der Waals surface area contributed by atoms with Crippen LogP contribution in [0.25, 0.3) is 10.8 Å². The molecule has 1 heterocycles. The molecule has 0 spiro atoms. The van der Waals surface area contributed by atoms with Crippen LogP contribution >= 0.6 is 11.6 Å². The van der Waals surface area contributed by atoms with Crippen LogP contribution in [0.5, 0.6) is 0 Å². The van der Waals surface area contributed by atoms with Crippen LogP contribution in [0, 0.1) is 0 Å². The fourth-order valence-corrected chi connectivity index (χ4v) is 2.64. The van der Waals surface area contributed by atoms with Crippen molar-refractivity contribution in [1.29, 1.82) is 0 Å². The molecule has 0 unspecified atom stereocenters. The van der Waals surface area contributed by atoms with Crippen molar-refractivity contribution in [3.8, 4) is 0 Å². The van der Waals surface area contributed by atoms with Crippen molar-refractivity contribution in [1.82, 2.24) is 20.4 Å². The Balaban J connectivity index is 1.49. The first kappa shape index (κ1) is 18.6. The van der Waals surface area contributed by atoms with Gasteiger partial charge in [-0.05, 0) is 30.3 Å². The molecule has 0 aliphatic rings. The van der Waals surface area contributed by atoms with Crippen LogP contribution in [0.2, 0.25) is 5.02 Å². The molecule has 138 valence electrons. The van der Waals surface area contributed by atoms with E-state index in [1.165, 1.54) is 0 Å². The molecule has 0 aliphatic heterocycles. The zero-order valence-corrected chi connectivity index (χ0v) is 15.1. The van der Waals surface area contributed by atoms with E-state index in [4.69, 9.17) is 11.6 Å². The average molecular weight is 385 g/mol. The van der Waals surface area contributed by atoms with Crippen LogP contribution in [0.15, 0.2) is 59.5 Å². The second-order valence-electron chi connectivity index (χ2n) is 5.81. The molecule has 0 aliphatic carbocycles. The van der Waals surface area contributed by atoms with E-state index in [1.54, 1.807) is 48.7 Å². The number of carbonyl (C=O) groups excluding carboxylic acids is 2. The number of carbonyl (C=O) groups is 2. The molecule has 0 radical (unpaired) electrons. The number of nitrogens with one attached hydrogen (secondary N) is 2. The summed E-state index contributed by atoms with van der Waals surface area (Å²) in [6.07, 6.45) is 1.55. The highest BCUT2D eigenvalue weighted by molar-refractivity contribution is 6.30. The summed E-state index contributed by atoms with van der Waals surface area (Å²) in [4.78, 5) is 36.3. The number of amides is 2. The van der Waals surface area contributed by atoms with E-state index in [1.807, 2.05) is 6.07 Å². The van der Waals surface area contributed by atoms with Gasteiger partial charge in [0.05, 0.1) is 11.6 Å². The van der Waals surface area contributed by atoms with Crippen LogP contribution in [-0.4, -0.2) is 34.7 Å². The zero-order valence-electron chi connectivity index (χ0n) is 14.3. The number of aromatic nitrogens is 2. The van der Waals surface area contributed by atoms with E-state index in [0.29, 0.717) is 16.0 Å². The van der Waals surface area contributed by atoms with E-state index in [9.17, 15) is 14.4 Å². The maximum absolute atomic E-state index is 12.3. The topological polar surface area (TPSA) is 93.1 Å². The smallest absolute Gasteiger partial charge is 0.275 e. The fraction of sp³-hybridized carbons (Fsp3) is 0.158. The monoisotopic (exact) mass is 384 g/mol. The van der Waals surface area contributed by atoms with Crippen molar-refractivity contribution in [2.75, 3.05) is 13.1 Å². The molecule has 0 fully saturated rings. The average Bonchev–Trinajstić information content (AvgIpc) is 2.68. The van der Waals surface area contributed by atoms with Gasteiger partial charge in [-0.3, -0.25) is 14.4 Å². The van der Waals surface area contributed by atoms with Gasteiger partial charge in [0.2, 0.25) is 5.91 Å². The summed E-state index contributed by atoms with van der Waals surface area (Å²) < 4.78 is 1.12. The lowest BCUT2D eigenvalue weighted by atomic mass is 10.2. The second-order valence-corrected chi connectivity index (χ2v) is 6.24. The molecule has 27 heavy (non-hydrogen) atoms. The van der Waals surface area contributed by atoms with Crippen molar-refractivity contribution in [2.24, 2.45) is 0 Å². The predicted molar refractivity (Wildman–Crippen MR) is 103 cm³/mol. The van der Waals surface area contributed by atoms with Crippen LogP contribution < -0.4 is 16.2 Å². The van der Waals surface area contributed by atoms with Crippen LogP contribution in [0.3, 0.4) is 0 Å². The van der Waals surface area contributed by atoms with Crippen molar-refractivity contribution in [3.63, 3.8) is 0 Å². The number of nitrogens with zero attached hydrogens (tertiary/aromatic N) is 2. The standard InChI is InChI=1S/C19H17ClN4O3/c20-15-7-5-13(6-8-15)18(26)22-10-9-21-17(25)12-24-19(27)16-4-2-1-3-14(16)11-23-24/h1-8,11H,9-10,12H2,(H,21,25)(H,22,26). The molecule has 0 saturated carbocycles. The molecule has 2 N–H and O–H groups in total. The number of rotatable bonds is 6. The van der Waals surface area contributed by atoms with Gasteiger partial charge in [-0.25, -0.2) is 4.68 Å². The quantitative estimate of drug-likeness (QED) is 0.631. The van der Waals surface area contributed by atoms with Gasteiger partial charge in [0.25, 0.3) is 11.5 Å². The van der Waals surface area contributed by atoms with E-state index in [-0.39, 0.29) is 37.0 Å². The molecule has 0 atom stereocenters. The lowest BCUT2D eigenvalue weighted by Crippen LogP contribution is -2.38. The minimum atomic E-state index is -0.361. The molecule has 8 heteroatoms. The Kier molecular flexibility index (Phi) is 5.83. The summed E-state index contributed by atoms with van der Waals surface area (Å²) in [6.45, 7) is 0.308. The first-order valence-corrected chi connectivity index (χ1v) is 8.68. The maximum atomic E-state index is 12.3. The summed E-state index contributed by atoms with van der Waals surface area (Å²) in [7, 11) is 0.